The zero-order valence-electron chi connectivity index (χ0n) is 21.4. The van der Waals surface area contributed by atoms with Crippen molar-refractivity contribution < 1.29 is 9.59 Å². The summed E-state index contributed by atoms with van der Waals surface area (Å²) in [7, 11) is 0. The van der Waals surface area contributed by atoms with E-state index in [4.69, 9.17) is 0 Å². The average Bonchev–Trinajstić information content (AvgIpc) is 2.91. The molecule has 194 valence electrons. The van der Waals surface area contributed by atoms with E-state index in [0.29, 0.717) is 13.0 Å². The molecule has 1 N–H and O–H groups in total. The van der Waals surface area contributed by atoms with E-state index in [1.54, 1.807) is 4.90 Å². The SMILES string of the molecule is Cc1ccc(SCC(=O)N(Cc2cccc(Br)c2)C(Cc2ccccc2)C(=O)NC2CCCCC2)cc1. The summed E-state index contributed by atoms with van der Waals surface area (Å²) in [5, 5.41) is 3.30. The standard InChI is InChI=1S/C31H35BrN2O2S/c1-23-15-17-28(18-16-23)37-22-30(35)34(21-25-11-8-12-26(32)19-25)29(20-24-9-4-2-5-10-24)31(36)33-27-13-6-3-7-14-27/h2,4-5,8-12,15-19,27,29H,3,6-7,13-14,20-22H2,1H3,(H,33,36). The lowest BCUT2D eigenvalue weighted by molar-refractivity contribution is -0.139. The molecule has 1 aliphatic carbocycles. The molecular weight excluding hydrogens is 544 g/mol. The summed E-state index contributed by atoms with van der Waals surface area (Å²) in [4.78, 5) is 30.5. The maximum Gasteiger partial charge on any atom is 0.243 e. The van der Waals surface area contributed by atoms with Crippen LogP contribution in [0.2, 0.25) is 0 Å². The number of nitrogens with one attached hydrogen (secondary N) is 1. The molecule has 4 nitrogen and oxygen atoms in total. The highest BCUT2D eigenvalue weighted by molar-refractivity contribution is 9.10. The molecule has 1 unspecified atom stereocenters. The number of rotatable bonds is 10. The Kier molecular flexibility index (Phi) is 10.3. The zero-order chi connectivity index (χ0) is 26.0. The largest absolute Gasteiger partial charge is 0.352 e. The Morgan fingerprint density at radius 2 is 1.65 bits per heavy atom. The third-order valence-corrected chi connectivity index (χ3v) is 8.34. The number of hydrogen-bond donors (Lipinski definition) is 1. The van der Waals surface area contributed by atoms with Crippen LogP contribution in [0.3, 0.4) is 0 Å². The minimum Gasteiger partial charge on any atom is -0.352 e. The lowest BCUT2D eigenvalue weighted by Gasteiger charge is -2.33. The van der Waals surface area contributed by atoms with Gasteiger partial charge in [0.1, 0.15) is 6.04 Å². The van der Waals surface area contributed by atoms with Crippen LogP contribution in [-0.2, 0) is 22.6 Å². The number of amides is 2. The first-order valence-electron chi connectivity index (χ1n) is 13.1. The molecule has 0 bridgehead atoms. The molecule has 1 fully saturated rings. The zero-order valence-corrected chi connectivity index (χ0v) is 23.8. The van der Waals surface area contributed by atoms with Crippen LogP contribution in [0.15, 0.2) is 88.2 Å². The number of halogens is 1. The van der Waals surface area contributed by atoms with E-state index in [1.165, 1.54) is 23.7 Å². The molecule has 3 aromatic rings. The van der Waals surface area contributed by atoms with Crippen LogP contribution in [0, 0.1) is 6.92 Å². The molecule has 0 saturated heterocycles. The second-order valence-corrected chi connectivity index (χ2v) is 11.8. The minimum atomic E-state index is -0.588. The van der Waals surface area contributed by atoms with Crippen molar-refractivity contribution in [1.29, 1.82) is 0 Å². The van der Waals surface area contributed by atoms with Crippen LogP contribution < -0.4 is 5.32 Å². The number of hydrogen-bond acceptors (Lipinski definition) is 3. The van der Waals surface area contributed by atoms with E-state index < -0.39 is 6.04 Å². The molecule has 1 atom stereocenters. The van der Waals surface area contributed by atoms with Gasteiger partial charge in [-0.15, -0.1) is 11.8 Å². The molecule has 4 rings (SSSR count). The molecule has 0 spiro atoms. The van der Waals surface area contributed by atoms with Crippen LogP contribution in [0.5, 0.6) is 0 Å². The van der Waals surface area contributed by atoms with Crippen molar-refractivity contribution in [3.8, 4) is 0 Å². The second-order valence-electron chi connectivity index (χ2n) is 9.80. The molecule has 37 heavy (non-hydrogen) atoms. The van der Waals surface area contributed by atoms with Gasteiger partial charge >= 0.3 is 0 Å². The number of thioether (sulfide) groups is 1. The Morgan fingerprint density at radius 3 is 2.35 bits per heavy atom. The smallest absolute Gasteiger partial charge is 0.243 e. The van der Waals surface area contributed by atoms with Gasteiger partial charge < -0.3 is 10.2 Å². The average molecular weight is 580 g/mol. The monoisotopic (exact) mass is 578 g/mol. The Balaban J connectivity index is 1.60. The van der Waals surface area contributed by atoms with Gasteiger partial charge in [0, 0.05) is 28.4 Å². The second kappa shape index (κ2) is 13.8. The van der Waals surface area contributed by atoms with Gasteiger partial charge in [0.15, 0.2) is 0 Å². The third kappa shape index (κ3) is 8.47. The van der Waals surface area contributed by atoms with Gasteiger partial charge in [0.05, 0.1) is 5.75 Å². The number of carbonyl (C=O) groups is 2. The Labute approximate surface area is 233 Å². The van der Waals surface area contributed by atoms with E-state index in [1.807, 2.05) is 66.7 Å². The highest BCUT2D eigenvalue weighted by atomic mass is 79.9. The van der Waals surface area contributed by atoms with Gasteiger partial charge in [-0.05, 0) is 55.2 Å². The summed E-state index contributed by atoms with van der Waals surface area (Å²) in [5.74, 6) is 0.184. The van der Waals surface area contributed by atoms with Crippen LogP contribution in [0.1, 0.15) is 48.8 Å². The van der Waals surface area contributed by atoms with Crippen molar-refractivity contribution in [2.24, 2.45) is 0 Å². The summed E-state index contributed by atoms with van der Waals surface area (Å²) in [6.45, 7) is 2.43. The first-order chi connectivity index (χ1) is 18.0. The van der Waals surface area contributed by atoms with Crippen LogP contribution >= 0.6 is 27.7 Å². The molecule has 2 amide bonds. The van der Waals surface area contributed by atoms with Crippen molar-refractivity contribution in [3.05, 3.63) is 100 Å². The molecule has 6 heteroatoms. The van der Waals surface area contributed by atoms with Crippen molar-refractivity contribution >= 4 is 39.5 Å². The van der Waals surface area contributed by atoms with Crippen LogP contribution in [-0.4, -0.2) is 34.6 Å². The molecule has 0 radical (unpaired) electrons. The third-order valence-electron chi connectivity index (χ3n) is 6.85. The first-order valence-corrected chi connectivity index (χ1v) is 14.8. The lowest BCUT2D eigenvalue weighted by atomic mass is 9.94. The Morgan fingerprint density at radius 1 is 0.946 bits per heavy atom. The van der Waals surface area contributed by atoms with Crippen molar-refractivity contribution in [2.45, 2.75) is 69.0 Å². The summed E-state index contributed by atoms with van der Waals surface area (Å²) < 4.78 is 0.956. The lowest BCUT2D eigenvalue weighted by Crippen LogP contribution is -2.53. The number of benzene rings is 3. The Bertz CT molecular complexity index is 1160. The highest BCUT2D eigenvalue weighted by Crippen LogP contribution is 2.23. The maximum atomic E-state index is 13.8. The molecule has 1 saturated carbocycles. The molecular formula is C31H35BrN2O2S. The van der Waals surface area contributed by atoms with Crippen molar-refractivity contribution in [2.75, 3.05) is 5.75 Å². The van der Waals surface area contributed by atoms with E-state index in [-0.39, 0.29) is 23.6 Å². The Hall–Kier alpha value is -2.57. The van der Waals surface area contributed by atoms with Crippen molar-refractivity contribution in [1.82, 2.24) is 10.2 Å². The van der Waals surface area contributed by atoms with Gasteiger partial charge in [-0.25, -0.2) is 0 Å². The maximum absolute atomic E-state index is 13.8. The van der Waals surface area contributed by atoms with Gasteiger partial charge in [-0.1, -0.05) is 95.4 Å². The quantitative estimate of drug-likeness (QED) is 0.265. The van der Waals surface area contributed by atoms with E-state index in [0.717, 1.165) is 46.2 Å². The molecule has 0 heterocycles. The van der Waals surface area contributed by atoms with E-state index in [2.05, 4.69) is 40.3 Å². The summed E-state index contributed by atoms with van der Waals surface area (Å²) in [6, 6.07) is 25.8. The van der Waals surface area contributed by atoms with E-state index >= 15 is 0 Å². The molecule has 0 aliphatic heterocycles. The molecule has 1 aliphatic rings. The van der Waals surface area contributed by atoms with Crippen LogP contribution in [0.4, 0.5) is 0 Å². The van der Waals surface area contributed by atoms with Gasteiger partial charge in [0.2, 0.25) is 11.8 Å². The number of carbonyl (C=O) groups excluding carboxylic acids is 2. The topological polar surface area (TPSA) is 49.4 Å². The first kappa shape index (κ1) is 27.5. The minimum absolute atomic E-state index is 0.0368. The number of nitrogens with zero attached hydrogens (tertiary/aromatic N) is 1. The molecule has 3 aromatic carbocycles. The summed E-state index contributed by atoms with van der Waals surface area (Å²) >= 11 is 5.07. The van der Waals surface area contributed by atoms with Gasteiger partial charge in [0.25, 0.3) is 0 Å². The predicted octanol–water partition coefficient (Wildman–Crippen LogP) is 6.94. The molecule has 0 aromatic heterocycles. The fourth-order valence-electron chi connectivity index (χ4n) is 4.79. The van der Waals surface area contributed by atoms with Gasteiger partial charge in [-0.2, -0.15) is 0 Å². The van der Waals surface area contributed by atoms with Gasteiger partial charge in [-0.3, -0.25) is 9.59 Å². The normalized spacial score (nSPS) is 14.6. The fourth-order valence-corrected chi connectivity index (χ4v) is 6.02. The van der Waals surface area contributed by atoms with E-state index in [9.17, 15) is 9.59 Å². The highest BCUT2D eigenvalue weighted by Gasteiger charge is 2.32. The van der Waals surface area contributed by atoms with Crippen molar-refractivity contribution in [3.63, 3.8) is 0 Å². The summed E-state index contributed by atoms with van der Waals surface area (Å²) in [5.41, 5.74) is 3.23. The summed E-state index contributed by atoms with van der Waals surface area (Å²) in [6.07, 6.45) is 6.00. The van der Waals surface area contributed by atoms with Crippen LogP contribution in [0.25, 0.3) is 0 Å². The number of aryl methyl sites for hydroxylation is 1. The fraction of sp³-hybridized carbons (Fsp3) is 0.355. The predicted molar refractivity (Wildman–Crippen MR) is 156 cm³/mol.